The van der Waals surface area contributed by atoms with Crippen molar-refractivity contribution in [1.29, 1.82) is 0 Å². The van der Waals surface area contributed by atoms with Gasteiger partial charge in [-0.3, -0.25) is 0 Å². The van der Waals surface area contributed by atoms with E-state index in [0.29, 0.717) is 0 Å². The van der Waals surface area contributed by atoms with Crippen LogP contribution in [-0.2, 0) is 10.8 Å². The normalized spacial score (nSPS) is 13.8. The Bertz CT molecular complexity index is 3620. The Hall–Kier alpha value is -8.20. The molecule has 66 heavy (non-hydrogen) atoms. The fraction of sp³-hybridized carbons (Fsp3) is 0.0625. The molecule has 11 aromatic rings. The summed E-state index contributed by atoms with van der Waals surface area (Å²) in [5.74, 6) is 0. The number of anilines is 3. The molecule has 0 atom stereocenters. The lowest BCUT2D eigenvalue weighted by Gasteiger charge is -2.33. The van der Waals surface area contributed by atoms with Crippen molar-refractivity contribution in [3.63, 3.8) is 0 Å². The zero-order valence-corrected chi connectivity index (χ0v) is 36.9. The highest BCUT2D eigenvalue weighted by Gasteiger charge is 2.46. The first kappa shape index (κ1) is 38.3. The maximum absolute atomic E-state index is 6.16. The molecule has 2 nitrogen and oxygen atoms in total. The van der Waals surface area contributed by atoms with Crippen LogP contribution < -0.4 is 4.90 Å². The summed E-state index contributed by atoms with van der Waals surface area (Å²) in [5, 5.41) is 2.27. The van der Waals surface area contributed by atoms with Gasteiger partial charge in [0.05, 0.1) is 5.41 Å². The maximum atomic E-state index is 6.16. The Kier molecular flexibility index (Phi) is 8.51. The predicted molar refractivity (Wildman–Crippen MR) is 274 cm³/mol. The van der Waals surface area contributed by atoms with E-state index in [1.807, 2.05) is 12.1 Å². The van der Waals surface area contributed by atoms with Crippen molar-refractivity contribution in [1.82, 2.24) is 0 Å². The Morgan fingerprint density at radius 1 is 0.318 bits per heavy atom. The standard InChI is InChI=1S/C64H45NO/c1-63(2)57-22-12-9-19-51(57)53-36-35-50(41-60(53)63)65(49-33-27-43(28-34-49)45-30-38-62-56(40-45)54-21-11-14-24-61(54)66-62)48-31-25-42(26-32-48)44-29-37-59-55(39-44)52-20-10-13-23-58(52)64(59,46-15-5-3-6-16-46)47-17-7-4-8-18-47/h3-41H,1-2H3. The van der Waals surface area contributed by atoms with E-state index in [-0.39, 0.29) is 5.41 Å². The third-order valence-electron chi connectivity index (χ3n) is 14.6. The number of para-hydroxylation sites is 1. The van der Waals surface area contributed by atoms with Crippen LogP contribution in [0.3, 0.4) is 0 Å². The Morgan fingerprint density at radius 3 is 1.48 bits per heavy atom. The minimum absolute atomic E-state index is 0.123. The highest BCUT2D eigenvalue weighted by molar-refractivity contribution is 6.06. The van der Waals surface area contributed by atoms with Crippen molar-refractivity contribution in [3.05, 3.63) is 270 Å². The molecule has 0 bridgehead atoms. The number of nitrogens with zero attached hydrogens (tertiary/aromatic N) is 1. The zero-order chi connectivity index (χ0) is 44.0. The highest BCUT2D eigenvalue weighted by atomic mass is 16.3. The van der Waals surface area contributed by atoms with Gasteiger partial charge in [0, 0.05) is 33.2 Å². The van der Waals surface area contributed by atoms with E-state index in [4.69, 9.17) is 4.42 Å². The fourth-order valence-corrected chi connectivity index (χ4v) is 11.4. The SMILES string of the molecule is CC1(C)c2ccccc2-c2ccc(N(c3ccc(-c4ccc5c(c4)-c4ccccc4C5(c4ccccc4)c4ccccc4)cc3)c3ccc(-c4ccc5oc6ccccc6c5c4)cc3)cc21. The van der Waals surface area contributed by atoms with Crippen LogP contribution in [-0.4, -0.2) is 0 Å². The minimum atomic E-state index is -0.418. The molecule has 0 aliphatic heterocycles. The topological polar surface area (TPSA) is 16.4 Å². The molecular formula is C64H45NO. The summed E-state index contributed by atoms with van der Waals surface area (Å²) in [6, 6.07) is 87.0. The van der Waals surface area contributed by atoms with E-state index in [0.717, 1.165) is 50.1 Å². The maximum Gasteiger partial charge on any atom is 0.135 e. The Balaban J connectivity index is 0.911. The van der Waals surface area contributed by atoms with Crippen molar-refractivity contribution >= 4 is 39.0 Å². The van der Waals surface area contributed by atoms with Gasteiger partial charge in [-0.1, -0.05) is 190 Å². The minimum Gasteiger partial charge on any atom is -0.456 e. The van der Waals surface area contributed by atoms with Crippen LogP contribution in [0.5, 0.6) is 0 Å². The second kappa shape index (κ2) is 14.7. The molecule has 2 aliphatic carbocycles. The van der Waals surface area contributed by atoms with Gasteiger partial charge in [-0.05, 0) is 139 Å². The van der Waals surface area contributed by atoms with Crippen molar-refractivity contribution < 1.29 is 4.42 Å². The number of rotatable bonds is 7. The van der Waals surface area contributed by atoms with Crippen LogP contribution in [0.25, 0.3) is 66.4 Å². The van der Waals surface area contributed by atoms with Crippen molar-refractivity contribution in [3.8, 4) is 44.5 Å². The number of benzene rings is 10. The molecule has 2 heteroatoms. The predicted octanol–water partition coefficient (Wildman–Crippen LogP) is 17.1. The third-order valence-corrected chi connectivity index (χ3v) is 14.6. The molecule has 0 amide bonds. The Labute approximate surface area is 385 Å². The molecule has 0 spiro atoms. The van der Waals surface area contributed by atoms with Crippen LogP contribution in [0, 0.1) is 0 Å². The van der Waals surface area contributed by atoms with E-state index in [9.17, 15) is 0 Å². The molecule has 1 heterocycles. The van der Waals surface area contributed by atoms with Crippen molar-refractivity contribution in [2.75, 3.05) is 4.90 Å². The summed E-state index contributed by atoms with van der Waals surface area (Å²) < 4.78 is 6.16. The highest BCUT2D eigenvalue weighted by Crippen LogP contribution is 2.57. The van der Waals surface area contributed by atoms with Gasteiger partial charge in [-0.25, -0.2) is 0 Å². The van der Waals surface area contributed by atoms with Gasteiger partial charge in [-0.2, -0.15) is 0 Å². The van der Waals surface area contributed by atoms with Crippen molar-refractivity contribution in [2.24, 2.45) is 0 Å². The molecule has 1 aromatic heterocycles. The van der Waals surface area contributed by atoms with Gasteiger partial charge < -0.3 is 9.32 Å². The number of hydrogen-bond donors (Lipinski definition) is 0. The van der Waals surface area contributed by atoms with Gasteiger partial charge in [0.1, 0.15) is 11.2 Å². The second-order valence-electron chi connectivity index (χ2n) is 18.4. The molecular weight excluding hydrogens is 799 g/mol. The lowest BCUT2D eigenvalue weighted by atomic mass is 9.67. The average molecular weight is 844 g/mol. The van der Waals surface area contributed by atoms with Crippen LogP contribution >= 0.6 is 0 Å². The van der Waals surface area contributed by atoms with Crippen LogP contribution in [0.2, 0.25) is 0 Å². The third kappa shape index (κ3) is 5.68. The summed E-state index contributed by atoms with van der Waals surface area (Å²) in [4.78, 5) is 2.41. The molecule has 0 N–H and O–H groups in total. The molecule has 0 radical (unpaired) electrons. The van der Waals surface area contributed by atoms with Gasteiger partial charge in [0.15, 0.2) is 0 Å². The number of furan rings is 1. The summed E-state index contributed by atoms with van der Waals surface area (Å²) in [6.45, 7) is 4.71. The van der Waals surface area contributed by atoms with Gasteiger partial charge in [0.2, 0.25) is 0 Å². The Morgan fingerprint density at radius 2 is 0.803 bits per heavy atom. The van der Waals surface area contributed by atoms with E-state index in [2.05, 4.69) is 243 Å². The van der Waals surface area contributed by atoms with Crippen LogP contribution in [0.4, 0.5) is 17.1 Å². The van der Waals surface area contributed by atoms with Crippen LogP contribution in [0.15, 0.2) is 241 Å². The first-order chi connectivity index (χ1) is 32.5. The molecule has 13 rings (SSSR count). The quantitative estimate of drug-likeness (QED) is 0.159. The summed E-state index contributed by atoms with van der Waals surface area (Å²) in [7, 11) is 0. The van der Waals surface area contributed by atoms with E-state index >= 15 is 0 Å². The summed E-state index contributed by atoms with van der Waals surface area (Å²) in [6.07, 6.45) is 0. The van der Waals surface area contributed by atoms with E-state index < -0.39 is 5.41 Å². The summed E-state index contributed by atoms with van der Waals surface area (Å²) >= 11 is 0. The first-order valence-corrected chi connectivity index (χ1v) is 23.0. The lowest BCUT2D eigenvalue weighted by Crippen LogP contribution is -2.28. The molecule has 0 saturated heterocycles. The van der Waals surface area contributed by atoms with Crippen LogP contribution in [0.1, 0.15) is 47.2 Å². The number of hydrogen-bond acceptors (Lipinski definition) is 2. The van der Waals surface area contributed by atoms with Crippen molar-refractivity contribution in [2.45, 2.75) is 24.7 Å². The summed E-state index contributed by atoms with van der Waals surface area (Å²) in [5.41, 5.74) is 22.4. The van der Waals surface area contributed by atoms with Gasteiger partial charge in [-0.15, -0.1) is 0 Å². The lowest BCUT2D eigenvalue weighted by molar-refractivity contribution is 0.660. The monoisotopic (exact) mass is 843 g/mol. The first-order valence-electron chi connectivity index (χ1n) is 23.0. The molecule has 0 saturated carbocycles. The zero-order valence-electron chi connectivity index (χ0n) is 36.9. The molecule has 312 valence electrons. The van der Waals surface area contributed by atoms with Gasteiger partial charge >= 0.3 is 0 Å². The molecule has 10 aromatic carbocycles. The van der Waals surface area contributed by atoms with E-state index in [1.54, 1.807) is 0 Å². The van der Waals surface area contributed by atoms with E-state index in [1.165, 1.54) is 66.8 Å². The molecule has 2 aliphatic rings. The second-order valence-corrected chi connectivity index (χ2v) is 18.4. The smallest absolute Gasteiger partial charge is 0.135 e. The average Bonchev–Trinajstić information content (AvgIpc) is 3.98. The number of fused-ring (bicyclic) bond motifs is 9. The molecule has 0 fully saturated rings. The molecule has 0 unspecified atom stereocenters. The van der Waals surface area contributed by atoms with Gasteiger partial charge in [0.25, 0.3) is 0 Å². The fourth-order valence-electron chi connectivity index (χ4n) is 11.4. The largest absolute Gasteiger partial charge is 0.456 e.